The Bertz CT molecular complexity index is 1070. The van der Waals surface area contributed by atoms with E-state index in [4.69, 9.17) is 23.2 Å². The molecule has 1 saturated heterocycles. The van der Waals surface area contributed by atoms with Crippen LogP contribution in [-0.4, -0.2) is 23.3 Å². The number of amides is 2. The molecule has 1 fully saturated rings. The zero-order valence-corrected chi connectivity index (χ0v) is 16.4. The van der Waals surface area contributed by atoms with E-state index in [1.165, 1.54) is 0 Å². The predicted octanol–water partition coefficient (Wildman–Crippen LogP) is 4.60. The van der Waals surface area contributed by atoms with E-state index in [-0.39, 0.29) is 27.6 Å². The molecule has 28 heavy (non-hydrogen) atoms. The van der Waals surface area contributed by atoms with Crippen LogP contribution in [0.1, 0.15) is 28.8 Å². The summed E-state index contributed by atoms with van der Waals surface area (Å²) in [6.45, 7) is 1.06. The lowest BCUT2D eigenvalue weighted by Gasteiger charge is -2.16. The maximum Gasteiger partial charge on any atom is 0.256 e. The Labute approximate surface area is 172 Å². The number of carbonyl (C=O) groups excluding carboxylic acids is 2. The first-order valence-corrected chi connectivity index (χ1v) is 9.71. The highest BCUT2D eigenvalue weighted by molar-refractivity contribution is 6.42. The van der Waals surface area contributed by atoms with Gasteiger partial charge in [-0.1, -0.05) is 53.5 Å². The van der Waals surface area contributed by atoms with E-state index in [9.17, 15) is 9.59 Å². The second kappa shape index (κ2) is 7.78. The fourth-order valence-corrected chi connectivity index (χ4v) is 3.98. The van der Waals surface area contributed by atoms with E-state index in [0.717, 1.165) is 24.2 Å². The summed E-state index contributed by atoms with van der Waals surface area (Å²) in [5, 5.41) is 3.87. The van der Waals surface area contributed by atoms with E-state index in [2.05, 4.69) is 10.3 Å². The number of para-hydroxylation sites is 1. The molecule has 0 unspecified atom stereocenters. The van der Waals surface area contributed by atoms with Crippen molar-refractivity contribution >= 4 is 51.6 Å². The molecule has 0 atom stereocenters. The first-order chi connectivity index (χ1) is 13.5. The van der Waals surface area contributed by atoms with Crippen LogP contribution < -0.4 is 10.2 Å². The quantitative estimate of drug-likeness (QED) is 0.635. The summed E-state index contributed by atoms with van der Waals surface area (Å²) in [7, 11) is 0. The van der Waals surface area contributed by atoms with Gasteiger partial charge in [0.1, 0.15) is 5.15 Å². The molecule has 7 heteroatoms. The molecule has 3 aromatic rings. The molecule has 0 bridgehead atoms. The van der Waals surface area contributed by atoms with Crippen molar-refractivity contribution in [2.75, 3.05) is 11.4 Å². The summed E-state index contributed by atoms with van der Waals surface area (Å²) in [6, 6.07) is 14.8. The molecule has 0 spiro atoms. The second-order valence-electron chi connectivity index (χ2n) is 6.61. The fraction of sp³-hybridized carbons (Fsp3) is 0.190. The van der Waals surface area contributed by atoms with Crippen molar-refractivity contribution in [2.45, 2.75) is 19.4 Å². The first kappa shape index (κ1) is 18.7. The Morgan fingerprint density at radius 3 is 2.57 bits per heavy atom. The number of benzene rings is 2. The van der Waals surface area contributed by atoms with E-state index in [1.54, 1.807) is 17.0 Å². The lowest BCUT2D eigenvalue weighted by Crippen LogP contribution is -2.25. The minimum Gasteiger partial charge on any atom is -0.348 e. The van der Waals surface area contributed by atoms with Crippen molar-refractivity contribution in [2.24, 2.45) is 0 Å². The number of carbonyl (C=O) groups is 2. The van der Waals surface area contributed by atoms with Crippen LogP contribution in [0.3, 0.4) is 0 Å². The highest BCUT2D eigenvalue weighted by atomic mass is 35.5. The third kappa shape index (κ3) is 3.55. The molecule has 0 aliphatic carbocycles. The molecule has 2 aromatic carbocycles. The van der Waals surface area contributed by atoms with E-state index in [1.807, 2.05) is 36.4 Å². The van der Waals surface area contributed by atoms with Crippen molar-refractivity contribution in [1.29, 1.82) is 0 Å². The smallest absolute Gasteiger partial charge is 0.256 e. The average Bonchev–Trinajstić information content (AvgIpc) is 3.13. The fourth-order valence-electron chi connectivity index (χ4n) is 3.32. The van der Waals surface area contributed by atoms with Crippen molar-refractivity contribution in [3.63, 3.8) is 0 Å². The summed E-state index contributed by atoms with van der Waals surface area (Å²) in [6.07, 6.45) is 1.48. The van der Waals surface area contributed by atoms with Gasteiger partial charge in [-0.05, 0) is 30.2 Å². The van der Waals surface area contributed by atoms with Crippen molar-refractivity contribution in [3.8, 4) is 0 Å². The molecule has 1 N–H and O–H groups in total. The van der Waals surface area contributed by atoms with Gasteiger partial charge in [0.05, 0.1) is 16.1 Å². The number of nitrogens with zero attached hydrogens (tertiary/aromatic N) is 2. The summed E-state index contributed by atoms with van der Waals surface area (Å²) in [4.78, 5) is 30.5. The topological polar surface area (TPSA) is 62.3 Å². The molecule has 2 heterocycles. The van der Waals surface area contributed by atoms with Gasteiger partial charge in [0.15, 0.2) is 0 Å². The Kier molecular flexibility index (Phi) is 5.20. The summed E-state index contributed by atoms with van der Waals surface area (Å²) in [5.41, 5.74) is 2.59. The number of aromatic nitrogens is 1. The minimum atomic E-state index is -0.382. The summed E-state index contributed by atoms with van der Waals surface area (Å²) >= 11 is 12.6. The standard InChI is InChI=1S/C21H17Cl2N3O2/c22-19-15-4-1-2-5-16(15)25-20(23)18(19)21(28)24-12-13-7-9-14(10-8-13)26-11-3-6-17(26)27/h1-2,4-5,7-10H,3,6,11-12H2,(H,24,28). The van der Waals surface area contributed by atoms with Crippen LogP contribution in [0.4, 0.5) is 5.69 Å². The van der Waals surface area contributed by atoms with Gasteiger partial charge < -0.3 is 10.2 Å². The number of anilines is 1. The second-order valence-corrected chi connectivity index (χ2v) is 7.34. The largest absolute Gasteiger partial charge is 0.348 e. The van der Waals surface area contributed by atoms with Crippen molar-refractivity contribution in [1.82, 2.24) is 10.3 Å². The van der Waals surface area contributed by atoms with E-state index < -0.39 is 0 Å². The van der Waals surface area contributed by atoms with Gasteiger partial charge in [-0.15, -0.1) is 0 Å². The van der Waals surface area contributed by atoms with Crippen LogP contribution in [0, 0.1) is 0 Å². The molecule has 1 aliphatic heterocycles. The zero-order chi connectivity index (χ0) is 19.7. The van der Waals surface area contributed by atoms with Gasteiger partial charge in [0.25, 0.3) is 5.91 Å². The number of rotatable bonds is 4. The molecule has 5 nitrogen and oxygen atoms in total. The van der Waals surface area contributed by atoms with Crippen LogP contribution in [0.25, 0.3) is 10.9 Å². The lowest BCUT2D eigenvalue weighted by molar-refractivity contribution is -0.117. The average molecular weight is 414 g/mol. The summed E-state index contributed by atoms with van der Waals surface area (Å²) in [5.74, 6) is -0.235. The number of nitrogens with one attached hydrogen (secondary N) is 1. The zero-order valence-electron chi connectivity index (χ0n) is 14.9. The minimum absolute atomic E-state index is 0.0732. The van der Waals surface area contributed by atoms with Crippen LogP contribution in [0.15, 0.2) is 48.5 Å². The molecular formula is C21H17Cl2N3O2. The van der Waals surface area contributed by atoms with Crippen LogP contribution in [0.2, 0.25) is 10.2 Å². The maximum absolute atomic E-state index is 12.6. The number of halogens is 2. The normalized spacial score (nSPS) is 13.9. The van der Waals surface area contributed by atoms with Crippen molar-refractivity contribution in [3.05, 3.63) is 69.8 Å². The lowest BCUT2D eigenvalue weighted by atomic mass is 10.1. The Morgan fingerprint density at radius 1 is 1.11 bits per heavy atom. The third-order valence-electron chi connectivity index (χ3n) is 4.79. The number of fused-ring (bicyclic) bond motifs is 1. The molecule has 4 rings (SSSR count). The Hall–Kier alpha value is -2.63. The molecule has 0 radical (unpaired) electrons. The predicted molar refractivity (Wildman–Crippen MR) is 111 cm³/mol. The maximum atomic E-state index is 12.6. The highest BCUT2D eigenvalue weighted by Gasteiger charge is 2.22. The van der Waals surface area contributed by atoms with Crippen LogP contribution in [0.5, 0.6) is 0 Å². The van der Waals surface area contributed by atoms with Gasteiger partial charge in [-0.25, -0.2) is 4.98 Å². The highest BCUT2D eigenvalue weighted by Crippen LogP contribution is 2.30. The Morgan fingerprint density at radius 2 is 1.86 bits per heavy atom. The first-order valence-electron chi connectivity index (χ1n) is 8.96. The number of pyridine rings is 1. The van der Waals surface area contributed by atoms with Gasteiger partial charge in [-0.3, -0.25) is 9.59 Å². The number of hydrogen-bond donors (Lipinski definition) is 1. The monoisotopic (exact) mass is 413 g/mol. The SMILES string of the molecule is O=C(NCc1ccc(N2CCCC2=O)cc1)c1c(Cl)nc2ccccc2c1Cl. The Balaban J connectivity index is 1.49. The molecule has 1 aromatic heterocycles. The van der Waals surface area contributed by atoms with Gasteiger partial charge >= 0.3 is 0 Å². The molecular weight excluding hydrogens is 397 g/mol. The number of hydrogen-bond acceptors (Lipinski definition) is 3. The van der Waals surface area contributed by atoms with Crippen LogP contribution >= 0.6 is 23.2 Å². The third-order valence-corrected chi connectivity index (χ3v) is 5.45. The molecule has 2 amide bonds. The van der Waals surface area contributed by atoms with Crippen LogP contribution in [-0.2, 0) is 11.3 Å². The summed E-state index contributed by atoms with van der Waals surface area (Å²) < 4.78 is 0. The van der Waals surface area contributed by atoms with Crippen molar-refractivity contribution < 1.29 is 9.59 Å². The van der Waals surface area contributed by atoms with Gasteiger partial charge in [-0.2, -0.15) is 0 Å². The van der Waals surface area contributed by atoms with Gasteiger partial charge in [0.2, 0.25) is 5.91 Å². The van der Waals surface area contributed by atoms with Gasteiger partial charge in [0, 0.05) is 30.6 Å². The molecule has 142 valence electrons. The van der Waals surface area contributed by atoms with E-state index >= 15 is 0 Å². The molecule has 1 aliphatic rings. The van der Waals surface area contributed by atoms with E-state index in [0.29, 0.717) is 23.9 Å². The molecule has 0 saturated carbocycles.